The molecule has 3 heteroatoms. The van der Waals surface area contributed by atoms with Gasteiger partial charge in [-0.25, -0.2) is 0 Å². The van der Waals surface area contributed by atoms with Crippen molar-refractivity contribution in [3.8, 4) is 0 Å². The third-order valence-electron chi connectivity index (χ3n) is 6.08. The first-order chi connectivity index (χ1) is 11.4. The van der Waals surface area contributed by atoms with Gasteiger partial charge in [0, 0.05) is 24.2 Å². The molecule has 2 aliphatic heterocycles. The summed E-state index contributed by atoms with van der Waals surface area (Å²) in [6.07, 6.45) is 5.91. The largest absolute Gasteiger partial charge is 0.298 e. The van der Waals surface area contributed by atoms with E-state index in [0.717, 1.165) is 23.4 Å². The molecule has 0 saturated carbocycles. The predicted octanol–water partition coefficient (Wildman–Crippen LogP) is 5.31. The first-order valence-electron chi connectivity index (χ1n) is 9.63. The number of piperidine rings is 1. The zero-order valence-electron chi connectivity index (χ0n) is 15.7. The summed E-state index contributed by atoms with van der Waals surface area (Å²) in [6.45, 7) is 11.7. The minimum atomic E-state index is 0.333. The standard InChI is InChI=1S/C21H33ClN2/c1-5-6-16-11-12-24(14-15-7-9-17(22)10-8-15)20-18(16)13-19(23-20)21(2,3)4/h7-10,16,18-20,23H,5-6,11-14H2,1-4H3. The summed E-state index contributed by atoms with van der Waals surface area (Å²) in [5, 5.41) is 4.83. The van der Waals surface area contributed by atoms with Gasteiger partial charge < -0.3 is 0 Å². The van der Waals surface area contributed by atoms with Crippen molar-refractivity contribution in [3.05, 3.63) is 34.9 Å². The van der Waals surface area contributed by atoms with Crippen LogP contribution in [0.5, 0.6) is 0 Å². The van der Waals surface area contributed by atoms with Gasteiger partial charge >= 0.3 is 0 Å². The van der Waals surface area contributed by atoms with E-state index >= 15 is 0 Å². The molecule has 24 heavy (non-hydrogen) atoms. The number of rotatable bonds is 4. The number of fused-ring (bicyclic) bond motifs is 1. The first-order valence-corrected chi connectivity index (χ1v) is 10.0. The molecule has 2 aliphatic rings. The fourth-order valence-electron chi connectivity index (χ4n) is 4.64. The lowest BCUT2D eigenvalue weighted by Crippen LogP contribution is -2.53. The van der Waals surface area contributed by atoms with Crippen LogP contribution in [0.25, 0.3) is 0 Å². The van der Waals surface area contributed by atoms with Crippen LogP contribution in [0.3, 0.4) is 0 Å². The fourth-order valence-corrected chi connectivity index (χ4v) is 4.77. The number of nitrogens with one attached hydrogen (secondary N) is 1. The summed E-state index contributed by atoms with van der Waals surface area (Å²) < 4.78 is 0. The lowest BCUT2D eigenvalue weighted by atomic mass is 9.76. The van der Waals surface area contributed by atoms with E-state index in [2.05, 4.69) is 50.0 Å². The van der Waals surface area contributed by atoms with E-state index in [0.29, 0.717) is 17.6 Å². The van der Waals surface area contributed by atoms with E-state index in [1.54, 1.807) is 0 Å². The lowest BCUT2D eigenvalue weighted by molar-refractivity contribution is 0.0456. The second-order valence-electron chi connectivity index (χ2n) is 8.86. The van der Waals surface area contributed by atoms with Gasteiger partial charge in [-0.3, -0.25) is 10.2 Å². The highest BCUT2D eigenvalue weighted by Crippen LogP contribution is 2.42. The Bertz CT molecular complexity index is 534. The molecule has 1 aromatic carbocycles. The number of nitrogens with zero attached hydrogens (tertiary/aromatic N) is 1. The molecule has 1 aromatic rings. The maximum atomic E-state index is 6.04. The molecule has 2 nitrogen and oxygen atoms in total. The Balaban J connectivity index is 1.75. The van der Waals surface area contributed by atoms with Gasteiger partial charge in [-0.15, -0.1) is 0 Å². The molecule has 3 rings (SSSR count). The van der Waals surface area contributed by atoms with Crippen molar-refractivity contribution in [1.29, 1.82) is 0 Å². The summed E-state index contributed by atoms with van der Waals surface area (Å²) in [7, 11) is 0. The molecule has 0 radical (unpaired) electrons. The Kier molecular flexibility index (Phi) is 5.58. The van der Waals surface area contributed by atoms with Crippen molar-refractivity contribution >= 4 is 11.6 Å². The van der Waals surface area contributed by atoms with E-state index in [1.165, 1.54) is 37.8 Å². The molecule has 1 N–H and O–H groups in total. The van der Waals surface area contributed by atoms with Gasteiger partial charge in [0.1, 0.15) is 0 Å². The zero-order valence-corrected chi connectivity index (χ0v) is 16.4. The highest BCUT2D eigenvalue weighted by molar-refractivity contribution is 6.30. The molecular formula is C21H33ClN2. The van der Waals surface area contributed by atoms with E-state index in [9.17, 15) is 0 Å². The van der Waals surface area contributed by atoms with Gasteiger partial charge in [0.15, 0.2) is 0 Å². The fraction of sp³-hybridized carbons (Fsp3) is 0.714. The quantitative estimate of drug-likeness (QED) is 0.792. The van der Waals surface area contributed by atoms with Crippen LogP contribution in [-0.4, -0.2) is 23.7 Å². The van der Waals surface area contributed by atoms with Gasteiger partial charge in [0.2, 0.25) is 0 Å². The molecule has 2 heterocycles. The van der Waals surface area contributed by atoms with Crippen LogP contribution >= 0.6 is 11.6 Å². The van der Waals surface area contributed by atoms with Crippen molar-refractivity contribution in [1.82, 2.24) is 10.2 Å². The molecule has 4 atom stereocenters. The molecule has 0 aromatic heterocycles. The van der Waals surface area contributed by atoms with Gasteiger partial charge in [0.05, 0.1) is 6.17 Å². The van der Waals surface area contributed by atoms with Crippen molar-refractivity contribution < 1.29 is 0 Å². The van der Waals surface area contributed by atoms with Crippen LogP contribution in [0, 0.1) is 17.3 Å². The number of likely N-dealkylation sites (tertiary alicyclic amines) is 1. The molecule has 2 saturated heterocycles. The highest BCUT2D eigenvalue weighted by Gasteiger charge is 2.46. The SMILES string of the molecule is CCCC1CCN(Cc2ccc(Cl)cc2)C2NC(C(C)(C)C)CC12. The van der Waals surface area contributed by atoms with Gasteiger partial charge in [0.25, 0.3) is 0 Å². The van der Waals surface area contributed by atoms with Gasteiger partial charge in [-0.2, -0.15) is 0 Å². The first kappa shape index (κ1) is 18.2. The molecule has 2 fully saturated rings. The molecule has 134 valence electrons. The molecule has 4 unspecified atom stereocenters. The zero-order chi connectivity index (χ0) is 17.3. The lowest BCUT2D eigenvalue weighted by Gasteiger charge is -2.42. The van der Waals surface area contributed by atoms with Gasteiger partial charge in [-0.05, 0) is 47.8 Å². The van der Waals surface area contributed by atoms with E-state index in [1.807, 2.05) is 12.1 Å². The van der Waals surface area contributed by atoms with Crippen molar-refractivity contribution in [3.63, 3.8) is 0 Å². The highest BCUT2D eigenvalue weighted by atomic mass is 35.5. The smallest absolute Gasteiger partial charge is 0.0634 e. The average molecular weight is 349 g/mol. The Labute approximate surface area is 153 Å². The van der Waals surface area contributed by atoms with Crippen LogP contribution in [-0.2, 0) is 6.54 Å². The van der Waals surface area contributed by atoms with E-state index in [-0.39, 0.29) is 0 Å². The predicted molar refractivity (Wildman–Crippen MR) is 103 cm³/mol. The Morgan fingerprint density at radius 1 is 1.21 bits per heavy atom. The van der Waals surface area contributed by atoms with Gasteiger partial charge in [-0.1, -0.05) is 64.3 Å². The van der Waals surface area contributed by atoms with Crippen molar-refractivity contribution in [2.24, 2.45) is 17.3 Å². The van der Waals surface area contributed by atoms with Crippen molar-refractivity contribution in [2.45, 2.75) is 72.1 Å². The molecule has 0 aliphatic carbocycles. The summed E-state index contributed by atoms with van der Waals surface area (Å²) in [5.41, 5.74) is 1.70. The topological polar surface area (TPSA) is 15.3 Å². The second-order valence-corrected chi connectivity index (χ2v) is 9.30. The summed E-state index contributed by atoms with van der Waals surface area (Å²) >= 11 is 6.04. The number of benzene rings is 1. The van der Waals surface area contributed by atoms with E-state index in [4.69, 9.17) is 11.6 Å². The monoisotopic (exact) mass is 348 g/mol. The Morgan fingerprint density at radius 2 is 1.92 bits per heavy atom. The number of halogens is 1. The maximum absolute atomic E-state index is 6.04. The van der Waals surface area contributed by atoms with Crippen LogP contribution < -0.4 is 5.32 Å². The average Bonchev–Trinajstić information content (AvgIpc) is 2.98. The molecule has 0 amide bonds. The molecular weight excluding hydrogens is 316 g/mol. The molecule has 0 bridgehead atoms. The van der Waals surface area contributed by atoms with Crippen LogP contribution in [0.2, 0.25) is 5.02 Å². The van der Waals surface area contributed by atoms with E-state index < -0.39 is 0 Å². The summed E-state index contributed by atoms with van der Waals surface area (Å²) in [4.78, 5) is 2.67. The molecule has 0 spiro atoms. The minimum absolute atomic E-state index is 0.333. The summed E-state index contributed by atoms with van der Waals surface area (Å²) in [5.74, 6) is 1.69. The number of hydrogen-bond donors (Lipinski definition) is 1. The number of hydrogen-bond acceptors (Lipinski definition) is 2. The minimum Gasteiger partial charge on any atom is -0.298 e. The third kappa shape index (κ3) is 3.98. The van der Waals surface area contributed by atoms with Crippen LogP contribution in [0.4, 0.5) is 0 Å². The maximum Gasteiger partial charge on any atom is 0.0634 e. The Hall–Kier alpha value is -0.570. The summed E-state index contributed by atoms with van der Waals surface area (Å²) in [6, 6.07) is 8.99. The van der Waals surface area contributed by atoms with Crippen molar-refractivity contribution in [2.75, 3.05) is 6.54 Å². The third-order valence-corrected chi connectivity index (χ3v) is 6.33. The van der Waals surface area contributed by atoms with Crippen LogP contribution in [0.1, 0.15) is 58.9 Å². The Morgan fingerprint density at radius 3 is 2.54 bits per heavy atom. The van der Waals surface area contributed by atoms with Crippen LogP contribution in [0.15, 0.2) is 24.3 Å². The second kappa shape index (κ2) is 7.35. The normalized spacial score (nSPS) is 31.2.